The first kappa shape index (κ1) is 17.3. The second-order valence-corrected chi connectivity index (χ2v) is 6.58. The molecule has 3 atom stereocenters. The summed E-state index contributed by atoms with van der Waals surface area (Å²) in [5.74, 6) is 1.74. The fourth-order valence-electron chi connectivity index (χ4n) is 2.60. The molecule has 1 aromatic carbocycles. The van der Waals surface area contributed by atoms with Crippen molar-refractivity contribution in [3.8, 4) is 5.75 Å². The van der Waals surface area contributed by atoms with Crippen molar-refractivity contribution in [1.29, 1.82) is 0 Å². The summed E-state index contributed by atoms with van der Waals surface area (Å²) in [6, 6.07) is 8.38. The molecule has 3 heteroatoms. The third-order valence-corrected chi connectivity index (χ3v) is 4.31. The molecule has 0 saturated carbocycles. The molecule has 3 unspecified atom stereocenters. The first-order valence-corrected chi connectivity index (χ1v) is 8.60. The van der Waals surface area contributed by atoms with Crippen LogP contribution in [0.4, 0.5) is 0 Å². The van der Waals surface area contributed by atoms with Crippen LogP contribution in [-0.4, -0.2) is 25.6 Å². The van der Waals surface area contributed by atoms with E-state index in [2.05, 4.69) is 45.9 Å². The summed E-state index contributed by atoms with van der Waals surface area (Å²) in [4.78, 5) is 0. The van der Waals surface area contributed by atoms with Crippen molar-refractivity contribution in [2.24, 2.45) is 5.92 Å². The summed E-state index contributed by atoms with van der Waals surface area (Å²) in [5.41, 5.74) is 1.32. The lowest BCUT2D eigenvalue weighted by Crippen LogP contribution is -2.30. The van der Waals surface area contributed by atoms with Crippen LogP contribution in [0.5, 0.6) is 5.75 Å². The molecule has 0 aromatic heterocycles. The Balaban J connectivity index is 1.94. The van der Waals surface area contributed by atoms with Gasteiger partial charge >= 0.3 is 0 Å². The lowest BCUT2D eigenvalue weighted by atomic mass is 9.99. The van der Waals surface area contributed by atoms with Gasteiger partial charge in [0, 0.05) is 12.5 Å². The van der Waals surface area contributed by atoms with Crippen molar-refractivity contribution in [1.82, 2.24) is 0 Å². The number of ether oxygens (including phenoxy) is 3. The molecule has 1 aliphatic rings. The third-order valence-electron chi connectivity index (χ3n) is 4.31. The van der Waals surface area contributed by atoms with Gasteiger partial charge in [0.2, 0.25) is 6.29 Å². The molecule has 124 valence electrons. The highest BCUT2D eigenvalue weighted by molar-refractivity contribution is 5.30. The van der Waals surface area contributed by atoms with E-state index in [1.54, 1.807) is 0 Å². The molecule has 1 fully saturated rings. The fraction of sp³-hybridized carbons (Fsp3) is 0.684. The Bertz CT molecular complexity index is 438. The average Bonchev–Trinajstić information content (AvgIpc) is 3.04. The maximum absolute atomic E-state index is 6.09. The van der Waals surface area contributed by atoms with Gasteiger partial charge in [-0.05, 0) is 42.9 Å². The zero-order chi connectivity index (χ0) is 15.9. The first-order chi connectivity index (χ1) is 10.6. The Hall–Kier alpha value is -1.06. The van der Waals surface area contributed by atoms with Crippen molar-refractivity contribution in [2.75, 3.05) is 13.2 Å². The Morgan fingerprint density at radius 1 is 1.27 bits per heavy atom. The van der Waals surface area contributed by atoms with E-state index in [9.17, 15) is 0 Å². The number of benzene rings is 1. The van der Waals surface area contributed by atoms with Gasteiger partial charge in [-0.1, -0.05) is 39.8 Å². The van der Waals surface area contributed by atoms with Crippen LogP contribution in [0.3, 0.4) is 0 Å². The minimum atomic E-state index is -0.226. The maximum atomic E-state index is 6.09. The number of hydrogen-bond donors (Lipinski definition) is 0. The lowest BCUT2D eigenvalue weighted by molar-refractivity contribution is -0.130. The van der Waals surface area contributed by atoms with Crippen molar-refractivity contribution in [2.45, 2.75) is 65.3 Å². The van der Waals surface area contributed by atoms with E-state index in [1.807, 2.05) is 6.07 Å². The summed E-state index contributed by atoms with van der Waals surface area (Å²) in [6.07, 6.45) is 3.37. The molecule has 3 nitrogen and oxygen atoms in total. The van der Waals surface area contributed by atoms with Crippen LogP contribution < -0.4 is 4.74 Å². The maximum Gasteiger partial charge on any atom is 0.202 e. The Morgan fingerprint density at radius 3 is 2.73 bits per heavy atom. The van der Waals surface area contributed by atoms with E-state index >= 15 is 0 Å². The topological polar surface area (TPSA) is 27.7 Å². The zero-order valence-electron chi connectivity index (χ0n) is 14.4. The van der Waals surface area contributed by atoms with E-state index in [0.717, 1.165) is 31.6 Å². The van der Waals surface area contributed by atoms with Gasteiger partial charge in [-0.25, -0.2) is 0 Å². The third kappa shape index (κ3) is 4.99. The quantitative estimate of drug-likeness (QED) is 0.648. The molecule has 1 aliphatic heterocycles. The second-order valence-electron chi connectivity index (χ2n) is 6.58. The Kier molecular flexibility index (Phi) is 6.71. The first-order valence-electron chi connectivity index (χ1n) is 8.60. The molecule has 22 heavy (non-hydrogen) atoms. The van der Waals surface area contributed by atoms with Gasteiger partial charge in [0.05, 0.1) is 12.7 Å². The minimum Gasteiger partial charge on any atom is -0.465 e. The van der Waals surface area contributed by atoms with Gasteiger partial charge in [-0.15, -0.1) is 0 Å². The van der Waals surface area contributed by atoms with Crippen LogP contribution in [0.15, 0.2) is 24.3 Å². The van der Waals surface area contributed by atoms with E-state index in [4.69, 9.17) is 14.2 Å². The van der Waals surface area contributed by atoms with Crippen molar-refractivity contribution < 1.29 is 14.2 Å². The molecule has 0 bridgehead atoms. The molecule has 0 amide bonds. The summed E-state index contributed by atoms with van der Waals surface area (Å²) < 4.78 is 17.7. The molecule has 1 heterocycles. The van der Waals surface area contributed by atoms with Crippen LogP contribution >= 0.6 is 0 Å². The van der Waals surface area contributed by atoms with Gasteiger partial charge in [0.25, 0.3) is 0 Å². The molecule has 1 saturated heterocycles. The van der Waals surface area contributed by atoms with Gasteiger partial charge < -0.3 is 14.2 Å². The Labute approximate surface area is 135 Å². The van der Waals surface area contributed by atoms with Crippen molar-refractivity contribution in [3.05, 3.63) is 29.8 Å². The molecule has 0 N–H and O–H groups in total. The molecule has 0 spiro atoms. The van der Waals surface area contributed by atoms with E-state index in [-0.39, 0.29) is 12.4 Å². The molecular weight excluding hydrogens is 276 g/mol. The van der Waals surface area contributed by atoms with Crippen molar-refractivity contribution >= 4 is 0 Å². The van der Waals surface area contributed by atoms with E-state index in [1.165, 1.54) is 5.56 Å². The van der Waals surface area contributed by atoms with Crippen LogP contribution in [0.25, 0.3) is 0 Å². The minimum absolute atomic E-state index is 0.226. The highest BCUT2D eigenvalue weighted by Gasteiger charge is 2.21. The number of hydrogen-bond acceptors (Lipinski definition) is 3. The van der Waals surface area contributed by atoms with Gasteiger partial charge in [0.15, 0.2) is 0 Å². The van der Waals surface area contributed by atoms with Gasteiger partial charge in [0.1, 0.15) is 5.75 Å². The highest BCUT2D eigenvalue weighted by Crippen LogP contribution is 2.25. The van der Waals surface area contributed by atoms with Crippen LogP contribution in [0.2, 0.25) is 0 Å². The molecule has 2 rings (SSSR count). The lowest BCUT2D eigenvalue weighted by Gasteiger charge is -2.24. The Morgan fingerprint density at radius 2 is 2.09 bits per heavy atom. The van der Waals surface area contributed by atoms with Crippen molar-refractivity contribution in [3.63, 3.8) is 0 Å². The largest absolute Gasteiger partial charge is 0.465 e. The van der Waals surface area contributed by atoms with Crippen LogP contribution in [-0.2, 0) is 9.47 Å². The monoisotopic (exact) mass is 306 g/mol. The predicted molar refractivity (Wildman–Crippen MR) is 89.3 cm³/mol. The molecule has 0 aliphatic carbocycles. The summed E-state index contributed by atoms with van der Waals surface area (Å²) in [7, 11) is 0. The normalized spacial score (nSPS) is 21.0. The van der Waals surface area contributed by atoms with E-state index < -0.39 is 0 Å². The summed E-state index contributed by atoms with van der Waals surface area (Å²) >= 11 is 0. The number of rotatable bonds is 8. The second kappa shape index (κ2) is 8.54. The standard InChI is InChI=1S/C19H30O3/c1-5-15(4)16-8-6-9-17(12-16)22-19(14(2)3)21-13-18-10-7-11-20-18/h6,8-9,12,14-15,18-19H,5,7,10-11,13H2,1-4H3. The highest BCUT2D eigenvalue weighted by atomic mass is 16.7. The molecule has 1 aromatic rings. The molecule has 0 radical (unpaired) electrons. The molecular formula is C19H30O3. The van der Waals surface area contributed by atoms with Crippen LogP contribution in [0.1, 0.15) is 58.4 Å². The van der Waals surface area contributed by atoms with Gasteiger partial charge in [-0.2, -0.15) is 0 Å². The SMILES string of the molecule is CCC(C)c1cccc(OC(OCC2CCCO2)C(C)C)c1. The zero-order valence-corrected chi connectivity index (χ0v) is 14.4. The fourth-order valence-corrected chi connectivity index (χ4v) is 2.60. The van der Waals surface area contributed by atoms with Gasteiger partial charge in [-0.3, -0.25) is 0 Å². The predicted octanol–water partition coefficient (Wildman–Crippen LogP) is 4.76. The smallest absolute Gasteiger partial charge is 0.202 e. The van der Waals surface area contributed by atoms with E-state index in [0.29, 0.717) is 18.4 Å². The summed E-state index contributed by atoms with van der Waals surface area (Å²) in [5, 5.41) is 0. The van der Waals surface area contributed by atoms with Crippen LogP contribution in [0, 0.1) is 5.92 Å². The average molecular weight is 306 g/mol. The summed E-state index contributed by atoms with van der Waals surface area (Å²) in [6.45, 7) is 10.2.